The van der Waals surface area contributed by atoms with Crippen LogP contribution in [-0.2, 0) is 4.79 Å². The van der Waals surface area contributed by atoms with Crippen LogP contribution in [-0.4, -0.2) is 49.3 Å². The number of carbonyl (C=O) groups excluding carboxylic acids is 1. The van der Waals surface area contributed by atoms with Crippen molar-refractivity contribution in [2.24, 2.45) is 0 Å². The second-order valence-corrected chi connectivity index (χ2v) is 6.68. The predicted octanol–water partition coefficient (Wildman–Crippen LogP) is 3.57. The third-order valence-corrected chi connectivity index (χ3v) is 4.78. The molecule has 6 heteroatoms. The Balaban J connectivity index is 1.62. The van der Waals surface area contributed by atoms with E-state index in [2.05, 4.69) is 10.2 Å². The van der Waals surface area contributed by atoms with Crippen LogP contribution in [0.4, 0.5) is 5.69 Å². The van der Waals surface area contributed by atoms with E-state index in [0.717, 1.165) is 18.0 Å². The molecule has 2 aromatic rings. The summed E-state index contributed by atoms with van der Waals surface area (Å²) < 4.78 is 17.4. The van der Waals surface area contributed by atoms with Gasteiger partial charge in [-0.25, -0.2) is 0 Å². The van der Waals surface area contributed by atoms with Crippen LogP contribution >= 0.6 is 0 Å². The minimum absolute atomic E-state index is 0.0777. The molecule has 0 saturated carbocycles. The van der Waals surface area contributed by atoms with Crippen LogP contribution in [0.25, 0.3) is 0 Å². The Labute approximate surface area is 166 Å². The summed E-state index contributed by atoms with van der Waals surface area (Å²) in [6.45, 7) is 8.20. The van der Waals surface area contributed by atoms with E-state index in [0.29, 0.717) is 31.2 Å². The lowest BCUT2D eigenvalue weighted by molar-refractivity contribution is -0.121. The van der Waals surface area contributed by atoms with E-state index < -0.39 is 0 Å². The van der Waals surface area contributed by atoms with Crippen molar-refractivity contribution in [2.75, 3.05) is 31.6 Å². The van der Waals surface area contributed by atoms with Gasteiger partial charge in [0, 0.05) is 6.54 Å². The van der Waals surface area contributed by atoms with E-state index in [1.54, 1.807) is 0 Å². The van der Waals surface area contributed by atoms with Gasteiger partial charge in [-0.2, -0.15) is 0 Å². The lowest BCUT2D eigenvalue weighted by Gasteiger charge is -2.33. The molecule has 2 aromatic carbocycles. The number of likely N-dealkylation sites (N-methyl/N-ethyl adjacent to an activating group) is 1. The molecule has 2 unspecified atom stereocenters. The monoisotopic (exact) mass is 384 g/mol. The molecule has 0 fully saturated rings. The van der Waals surface area contributed by atoms with Crippen molar-refractivity contribution < 1.29 is 19.0 Å². The fourth-order valence-electron chi connectivity index (χ4n) is 3.23. The molecule has 3 rings (SSSR count). The summed E-state index contributed by atoms with van der Waals surface area (Å²) in [6, 6.07) is 14.8. The number of fused-ring (bicyclic) bond motifs is 1. The van der Waals surface area contributed by atoms with Gasteiger partial charge in [-0.3, -0.25) is 9.69 Å². The maximum absolute atomic E-state index is 12.8. The first-order valence-electron chi connectivity index (χ1n) is 9.77. The Hall–Kier alpha value is -2.73. The molecule has 2 atom stereocenters. The standard InChI is InChI=1S/C22H28N2O4/c1-4-24(14-17-15-27-20-12-8-9-13-21(20)28-17)16(3)22(25)23-18-10-6-7-11-19(18)26-5-2/h6-13,16-17H,4-5,14-15H2,1-3H3,(H,23,25). The second kappa shape index (κ2) is 9.46. The number of nitrogens with zero attached hydrogens (tertiary/aromatic N) is 1. The molecule has 6 nitrogen and oxygen atoms in total. The third kappa shape index (κ3) is 4.75. The molecule has 0 spiro atoms. The smallest absolute Gasteiger partial charge is 0.241 e. The Kier molecular flexibility index (Phi) is 6.76. The van der Waals surface area contributed by atoms with Gasteiger partial charge in [-0.05, 0) is 44.7 Å². The number of hydrogen-bond acceptors (Lipinski definition) is 5. The number of benzene rings is 2. The highest BCUT2D eigenvalue weighted by Gasteiger charge is 2.27. The number of amides is 1. The Bertz CT molecular complexity index is 796. The van der Waals surface area contributed by atoms with Gasteiger partial charge >= 0.3 is 0 Å². The number of rotatable bonds is 8. The van der Waals surface area contributed by atoms with Crippen LogP contribution in [0.2, 0.25) is 0 Å². The Morgan fingerprint density at radius 1 is 1.18 bits per heavy atom. The van der Waals surface area contributed by atoms with Crippen molar-refractivity contribution in [1.82, 2.24) is 4.90 Å². The largest absolute Gasteiger partial charge is 0.492 e. The van der Waals surface area contributed by atoms with Crippen molar-refractivity contribution in [3.63, 3.8) is 0 Å². The van der Waals surface area contributed by atoms with E-state index in [4.69, 9.17) is 14.2 Å². The van der Waals surface area contributed by atoms with Gasteiger partial charge in [0.2, 0.25) is 5.91 Å². The highest BCUT2D eigenvalue weighted by atomic mass is 16.6. The third-order valence-electron chi connectivity index (χ3n) is 4.78. The molecule has 1 aliphatic rings. The van der Waals surface area contributed by atoms with E-state index in [-0.39, 0.29) is 18.1 Å². The van der Waals surface area contributed by atoms with Crippen molar-refractivity contribution in [3.8, 4) is 17.2 Å². The minimum Gasteiger partial charge on any atom is -0.492 e. The number of para-hydroxylation sites is 4. The number of hydrogen-bond donors (Lipinski definition) is 1. The van der Waals surface area contributed by atoms with Crippen LogP contribution in [0.5, 0.6) is 17.2 Å². The fraction of sp³-hybridized carbons (Fsp3) is 0.409. The fourth-order valence-corrected chi connectivity index (χ4v) is 3.23. The molecule has 1 amide bonds. The van der Waals surface area contributed by atoms with Gasteiger partial charge in [0.15, 0.2) is 11.5 Å². The van der Waals surface area contributed by atoms with E-state index in [9.17, 15) is 4.79 Å². The zero-order valence-corrected chi connectivity index (χ0v) is 16.7. The van der Waals surface area contributed by atoms with E-state index >= 15 is 0 Å². The zero-order chi connectivity index (χ0) is 19.9. The number of anilines is 1. The molecular formula is C22H28N2O4. The molecule has 28 heavy (non-hydrogen) atoms. The summed E-state index contributed by atoms with van der Waals surface area (Å²) in [7, 11) is 0. The Morgan fingerprint density at radius 3 is 2.64 bits per heavy atom. The van der Waals surface area contributed by atoms with E-state index in [1.807, 2.05) is 69.3 Å². The first kappa shape index (κ1) is 20.0. The summed E-state index contributed by atoms with van der Waals surface area (Å²) in [5.41, 5.74) is 0.684. The molecular weight excluding hydrogens is 356 g/mol. The maximum atomic E-state index is 12.8. The summed E-state index contributed by atoms with van der Waals surface area (Å²) in [6.07, 6.45) is -0.124. The highest BCUT2D eigenvalue weighted by molar-refractivity contribution is 5.95. The average Bonchev–Trinajstić information content (AvgIpc) is 2.73. The summed E-state index contributed by atoms with van der Waals surface area (Å²) in [5.74, 6) is 2.11. The number of nitrogens with one attached hydrogen (secondary N) is 1. The predicted molar refractivity (Wildman–Crippen MR) is 109 cm³/mol. The molecule has 0 radical (unpaired) electrons. The van der Waals surface area contributed by atoms with Gasteiger partial charge in [0.05, 0.1) is 18.3 Å². The maximum Gasteiger partial charge on any atom is 0.241 e. The van der Waals surface area contributed by atoms with Crippen molar-refractivity contribution >= 4 is 11.6 Å². The van der Waals surface area contributed by atoms with Gasteiger partial charge < -0.3 is 19.5 Å². The van der Waals surface area contributed by atoms with Crippen LogP contribution in [0.3, 0.4) is 0 Å². The van der Waals surface area contributed by atoms with E-state index in [1.165, 1.54) is 0 Å². The normalized spacial score (nSPS) is 16.5. The molecule has 0 saturated heterocycles. The lowest BCUT2D eigenvalue weighted by atomic mass is 10.2. The van der Waals surface area contributed by atoms with Crippen LogP contribution in [0, 0.1) is 0 Å². The van der Waals surface area contributed by atoms with Gasteiger partial charge in [0.1, 0.15) is 18.5 Å². The van der Waals surface area contributed by atoms with Crippen molar-refractivity contribution in [1.29, 1.82) is 0 Å². The summed E-state index contributed by atoms with van der Waals surface area (Å²) >= 11 is 0. The topological polar surface area (TPSA) is 60.0 Å². The zero-order valence-electron chi connectivity index (χ0n) is 16.7. The van der Waals surface area contributed by atoms with Crippen LogP contribution < -0.4 is 19.5 Å². The van der Waals surface area contributed by atoms with Gasteiger partial charge in [-0.15, -0.1) is 0 Å². The SMILES string of the molecule is CCOc1ccccc1NC(=O)C(C)N(CC)CC1COc2ccccc2O1. The molecule has 1 N–H and O–H groups in total. The number of ether oxygens (including phenoxy) is 3. The molecule has 0 bridgehead atoms. The van der Waals surface area contributed by atoms with Crippen LogP contribution in [0.1, 0.15) is 20.8 Å². The van der Waals surface area contributed by atoms with Gasteiger partial charge in [-0.1, -0.05) is 31.2 Å². The highest BCUT2D eigenvalue weighted by Crippen LogP contribution is 2.31. The molecule has 150 valence electrons. The van der Waals surface area contributed by atoms with Crippen LogP contribution in [0.15, 0.2) is 48.5 Å². The minimum atomic E-state index is -0.319. The first-order chi connectivity index (χ1) is 13.6. The Morgan fingerprint density at radius 2 is 1.89 bits per heavy atom. The van der Waals surface area contributed by atoms with Crippen molar-refractivity contribution in [3.05, 3.63) is 48.5 Å². The summed E-state index contributed by atoms with van der Waals surface area (Å²) in [5, 5.41) is 2.99. The summed E-state index contributed by atoms with van der Waals surface area (Å²) in [4.78, 5) is 14.9. The quantitative estimate of drug-likeness (QED) is 0.754. The van der Waals surface area contributed by atoms with Crippen molar-refractivity contribution in [2.45, 2.75) is 32.9 Å². The first-order valence-corrected chi connectivity index (χ1v) is 9.77. The molecule has 0 aliphatic carbocycles. The molecule has 1 heterocycles. The lowest BCUT2D eigenvalue weighted by Crippen LogP contribution is -2.48. The number of carbonyl (C=O) groups is 1. The average molecular weight is 384 g/mol. The molecule has 0 aromatic heterocycles. The second-order valence-electron chi connectivity index (χ2n) is 6.68. The van der Waals surface area contributed by atoms with Gasteiger partial charge in [0.25, 0.3) is 0 Å². The molecule has 1 aliphatic heterocycles.